The van der Waals surface area contributed by atoms with Crippen LogP contribution in [0.15, 0.2) is 28.7 Å². The van der Waals surface area contributed by atoms with Crippen LogP contribution in [0.3, 0.4) is 0 Å². The first kappa shape index (κ1) is 16.5. The van der Waals surface area contributed by atoms with Gasteiger partial charge < -0.3 is 4.74 Å². The summed E-state index contributed by atoms with van der Waals surface area (Å²) in [7, 11) is 0. The molecule has 0 aromatic heterocycles. The Bertz CT molecular complexity index is 411. The van der Waals surface area contributed by atoms with Gasteiger partial charge in [-0.15, -0.1) is 0 Å². The summed E-state index contributed by atoms with van der Waals surface area (Å²) in [5.74, 6) is 0.916. The molecule has 1 saturated carbocycles. The minimum absolute atomic E-state index is 0.0412. The lowest BCUT2D eigenvalue weighted by atomic mass is 9.78. The van der Waals surface area contributed by atoms with E-state index < -0.39 is 0 Å². The van der Waals surface area contributed by atoms with Crippen molar-refractivity contribution in [3.05, 3.63) is 34.3 Å². The van der Waals surface area contributed by atoms with E-state index in [1.165, 1.54) is 44.1 Å². The smallest absolute Gasteiger partial charge is 0.0783 e. The molecule has 1 aromatic rings. The maximum absolute atomic E-state index is 6.34. The topological polar surface area (TPSA) is 9.23 Å². The van der Waals surface area contributed by atoms with E-state index in [-0.39, 0.29) is 5.60 Å². The van der Waals surface area contributed by atoms with E-state index >= 15 is 0 Å². The molecule has 2 rings (SSSR count). The summed E-state index contributed by atoms with van der Waals surface area (Å²) in [6.45, 7) is 2.99. The fourth-order valence-corrected chi connectivity index (χ4v) is 4.19. The molecule has 0 heterocycles. The Hall–Kier alpha value is 0.140. The Morgan fingerprint density at radius 2 is 1.95 bits per heavy atom. The summed E-state index contributed by atoms with van der Waals surface area (Å²) in [5.41, 5.74) is 1.28. The van der Waals surface area contributed by atoms with Crippen molar-refractivity contribution in [1.29, 1.82) is 0 Å². The highest BCUT2D eigenvalue weighted by Crippen LogP contribution is 2.38. The molecule has 0 unspecified atom stereocenters. The van der Waals surface area contributed by atoms with Crippen LogP contribution in [0, 0.1) is 5.92 Å². The van der Waals surface area contributed by atoms with Gasteiger partial charge >= 0.3 is 0 Å². The molecule has 0 N–H and O–H groups in total. The monoisotopic (exact) mass is 402 g/mol. The van der Waals surface area contributed by atoms with Gasteiger partial charge in [-0.25, -0.2) is 0 Å². The molecule has 1 nitrogen and oxygen atoms in total. The lowest BCUT2D eigenvalue weighted by molar-refractivity contribution is -0.0707. The Morgan fingerprint density at radius 1 is 1.25 bits per heavy atom. The summed E-state index contributed by atoms with van der Waals surface area (Å²) in [5, 5.41) is 0.948. The van der Waals surface area contributed by atoms with Crippen LogP contribution in [0.1, 0.15) is 51.0 Å². The summed E-state index contributed by atoms with van der Waals surface area (Å²) < 4.78 is 7.48. The van der Waals surface area contributed by atoms with Gasteiger partial charge in [0.1, 0.15) is 0 Å². The average molecular weight is 404 g/mol. The Balaban J connectivity index is 1.91. The zero-order chi connectivity index (χ0) is 14.4. The molecule has 3 heteroatoms. The van der Waals surface area contributed by atoms with E-state index in [1.807, 2.05) is 6.07 Å². The van der Waals surface area contributed by atoms with Crippen molar-refractivity contribution >= 4 is 31.9 Å². The third kappa shape index (κ3) is 4.32. The van der Waals surface area contributed by atoms with Gasteiger partial charge in [-0.1, -0.05) is 69.8 Å². The molecule has 0 atom stereocenters. The van der Waals surface area contributed by atoms with E-state index in [1.54, 1.807) is 0 Å². The molecule has 112 valence electrons. The largest absolute Gasteiger partial charge is 0.369 e. The van der Waals surface area contributed by atoms with Crippen LogP contribution in [0.25, 0.3) is 0 Å². The van der Waals surface area contributed by atoms with E-state index in [0.29, 0.717) is 6.61 Å². The molecule has 1 aliphatic rings. The van der Waals surface area contributed by atoms with Crippen molar-refractivity contribution in [2.24, 2.45) is 5.92 Å². The number of alkyl halides is 1. The first-order chi connectivity index (χ1) is 9.69. The highest BCUT2D eigenvalue weighted by atomic mass is 79.9. The summed E-state index contributed by atoms with van der Waals surface area (Å²) in [6, 6.07) is 8.33. The molecular weight excluding hydrogens is 380 g/mol. The number of halogens is 2. The lowest BCUT2D eigenvalue weighted by Crippen LogP contribution is -2.38. The third-order valence-electron chi connectivity index (χ3n) is 4.45. The van der Waals surface area contributed by atoms with Gasteiger partial charge in [0.05, 0.1) is 12.2 Å². The first-order valence-corrected chi connectivity index (χ1v) is 9.54. The van der Waals surface area contributed by atoms with E-state index in [9.17, 15) is 0 Å². The fraction of sp³-hybridized carbons (Fsp3) is 0.647. The second kappa shape index (κ2) is 7.95. The highest BCUT2D eigenvalue weighted by molar-refractivity contribution is 9.10. The Kier molecular flexibility index (Phi) is 6.57. The minimum atomic E-state index is 0.0412. The average Bonchev–Trinajstić information content (AvgIpc) is 2.49. The van der Waals surface area contributed by atoms with Crippen LogP contribution in [-0.4, -0.2) is 10.9 Å². The highest BCUT2D eigenvalue weighted by Gasteiger charge is 2.35. The molecule has 20 heavy (non-hydrogen) atoms. The molecule has 0 saturated heterocycles. The molecular formula is C17H24Br2O. The molecule has 0 spiro atoms. The standard InChI is InChI=1S/C17H24Br2O/c1-2-5-14-8-10-17(13-18,11-9-14)20-12-15-6-3-4-7-16(15)19/h3-4,6-7,14H,2,5,8-13H2,1H3. The van der Waals surface area contributed by atoms with Gasteiger partial charge in [0.2, 0.25) is 0 Å². The van der Waals surface area contributed by atoms with Gasteiger partial charge in [0.15, 0.2) is 0 Å². The number of benzene rings is 1. The normalized spacial score (nSPS) is 26.6. The fourth-order valence-electron chi connectivity index (χ4n) is 3.06. The second-order valence-electron chi connectivity index (χ2n) is 5.93. The number of hydrogen-bond acceptors (Lipinski definition) is 1. The molecule has 0 aliphatic heterocycles. The van der Waals surface area contributed by atoms with E-state index in [2.05, 4.69) is 57.0 Å². The Morgan fingerprint density at radius 3 is 2.55 bits per heavy atom. The zero-order valence-corrected chi connectivity index (χ0v) is 15.4. The SMILES string of the molecule is CCCC1CCC(CBr)(OCc2ccccc2Br)CC1. The van der Waals surface area contributed by atoms with Gasteiger partial charge in [0.25, 0.3) is 0 Å². The Labute approximate surface area is 139 Å². The van der Waals surface area contributed by atoms with E-state index in [0.717, 1.165) is 15.7 Å². The van der Waals surface area contributed by atoms with Crippen molar-refractivity contribution in [3.8, 4) is 0 Å². The van der Waals surface area contributed by atoms with Crippen molar-refractivity contribution < 1.29 is 4.74 Å². The zero-order valence-electron chi connectivity index (χ0n) is 12.2. The molecule has 1 aromatic carbocycles. The molecule has 0 bridgehead atoms. The van der Waals surface area contributed by atoms with Crippen LogP contribution in [-0.2, 0) is 11.3 Å². The number of ether oxygens (including phenoxy) is 1. The quantitative estimate of drug-likeness (QED) is 0.522. The van der Waals surface area contributed by atoms with Gasteiger partial charge in [0, 0.05) is 9.80 Å². The maximum Gasteiger partial charge on any atom is 0.0783 e. The molecule has 1 fully saturated rings. The summed E-state index contributed by atoms with van der Waals surface area (Å²) in [4.78, 5) is 0. The van der Waals surface area contributed by atoms with Crippen molar-refractivity contribution in [1.82, 2.24) is 0 Å². The van der Waals surface area contributed by atoms with Crippen LogP contribution in [0.4, 0.5) is 0 Å². The van der Waals surface area contributed by atoms with Gasteiger partial charge in [-0.05, 0) is 43.2 Å². The van der Waals surface area contributed by atoms with Gasteiger partial charge in [-0.2, -0.15) is 0 Å². The van der Waals surface area contributed by atoms with Crippen LogP contribution in [0.2, 0.25) is 0 Å². The number of rotatable bonds is 6. The summed E-state index contributed by atoms with van der Waals surface area (Å²) in [6.07, 6.45) is 7.69. The van der Waals surface area contributed by atoms with Crippen LogP contribution in [0.5, 0.6) is 0 Å². The molecule has 0 amide bonds. The predicted molar refractivity (Wildman–Crippen MR) is 92.3 cm³/mol. The lowest BCUT2D eigenvalue weighted by Gasteiger charge is -2.39. The second-order valence-corrected chi connectivity index (χ2v) is 7.34. The van der Waals surface area contributed by atoms with Gasteiger partial charge in [-0.3, -0.25) is 0 Å². The van der Waals surface area contributed by atoms with Crippen molar-refractivity contribution in [3.63, 3.8) is 0 Å². The summed E-state index contributed by atoms with van der Waals surface area (Å²) >= 11 is 7.28. The van der Waals surface area contributed by atoms with Crippen LogP contribution < -0.4 is 0 Å². The van der Waals surface area contributed by atoms with E-state index in [4.69, 9.17) is 4.74 Å². The molecule has 1 aliphatic carbocycles. The minimum Gasteiger partial charge on any atom is -0.369 e. The molecule has 0 radical (unpaired) electrons. The maximum atomic E-state index is 6.34. The predicted octanol–water partition coefficient (Wildman–Crippen LogP) is 6.09. The first-order valence-electron chi connectivity index (χ1n) is 7.62. The van der Waals surface area contributed by atoms with Crippen molar-refractivity contribution in [2.45, 2.75) is 57.7 Å². The number of hydrogen-bond donors (Lipinski definition) is 0. The van der Waals surface area contributed by atoms with Crippen molar-refractivity contribution in [2.75, 3.05) is 5.33 Å². The third-order valence-corrected chi connectivity index (χ3v) is 6.24. The van der Waals surface area contributed by atoms with Crippen LogP contribution >= 0.6 is 31.9 Å².